The summed E-state index contributed by atoms with van der Waals surface area (Å²) in [4.78, 5) is 11.9. The van der Waals surface area contributed by atoms with Crippen LogP contribution < -0.4 is 10.3 Å². The third-order valence-corrected chi connectivity index (χ3v) is 5.52. The summed E-state index contributed by atoms with van der Waals surface area (Å²) in [5, 5.41) is 3.67. The SMILES string of the molecule is O=c1c(Cl)c(Cl)cnn1-c1ccc(S(=O)(=O)Nc2ccccc2F)cc1. The van der Waals surface area contributed by atoms with Gasteiger partial charge >= 0.3 is 0 Å². The minimum absolute atomic E-state index is 0.0150. The van der Waals surface area contributed by atoms with Crippen LogP contribution in [0, 0.1) is 5.82 Å². The maximum atomic E-state index is 13.6. The van der Waals surface area contributed by atoms with Crippen LogP contribution in [0.1, 0.15) is 0 Å². The highest BCUT2D eigenvalue weighted by atomic mass is 35.5. The van der Waals surface area contributed by atoms with Gasteiger partial charge in [-0.15, -0.1) is 0 Å². The predicted molar refractivity (Wildman–Crippen MR) is 97.1 cm³/mol. The molecule has 3 aromatic rings. The zero-order chi connectivity index (χ0) is 18.9. The van der Waals surface area contributed by atoms with Crippen LogP contribution in [0.3, 0.4) is 0 Å². The lowest BCUT2D eigenvalue weighted by atomic mass is 10.3. The van der Waals surface area contributed by atoms with Crippen LogP contribution in [0.25, 0.3) is 5.69 Å². The van der Waals surface area contributed by atoms with Crippen LogP contribution in [-0.4, -0.2) is 18.2 Å². The van der Waals surface area contributed by atoms with Gasteiger partial charge in [0.2, 0.25) is 0 Å². The Labute approximate surface area is 157 Å². The number of rotatable bonds is 4. The fourth-order valence-corrected chi connectivity index (χ4v) is 3.43. The summed E-state index contributed by atoms with van der Waals surface area (Å²) in [5.41, 5.74) is -0.517. The molecule has 0 saturated heterocycles. The van der Waals surface area contributed by atoms with Crippen molar-refractivity contribution in [1.29, 1.82) is 0 Å². The van der Waals surface area contributed by atoms with E-state index in [0.717, 1.165) is 10.7 Å². The molecule has 0 fully saturated rings. The molecule has 1 N–H and O–H groups in total. The van der Waals surface area contributed by atoms with E-state index in [1.807, 2.05) is 0 Å². The number of aromatic nitrogens is 2. The summed E-state index contributed by atoms with van der Waals surface area (Å²) in [7, 11) is -4.00. The normalized spacial score (nSPS) is 11.3. The molecule has 0 radical (unpaired) electrons. The smallest absolute Gasteiger partial charge is 0.277 e. The zero-order valence-corrected chi connectivity index (χ0v) is 15.2. The van der Waals surface area contributed by atoms with Crippen LogP contribution in [-0.2, 0) is 10.0 Å². The van der Waals surface area contributed by atoms with Crippen molar-refractivity contribution in [2.45, 2.75) is 4.90 Å². The molecule has 10 heteroatoms. The lowest BCUT2D eigenvalue weighted by Gasteiger charge is -2.10. The zero-order valence-electron chi connectivity index (χ0n) is 12.9. The van der Waals surface area contributed by atoms with E-state index in [0.29, 0.717) is 5.69 Å². The fraction of sp³-hybridized carbons (Fsp3) is 0. The molecule has 0 aliphatic heterocycles. The Balaban J connectivity index is 1.94. The van der Waals surface area contributed by atoms with Gasteiger partial charge in [-0.3, -0.25) is 9.52 Å². The topological polar surface area (TPSA) is 81.1 Å². The molecule has 0 spiro atoms. The second-order valence-corrected chi connectivity index (χ2v) is 7.57. The summed E-state index contributed by atoms with van der Waals surface area (Å²) < 4.78 is 41.5. The molecular weight excluding hydrogens is 404 g/mol. The first kappa shape index (κ1) is 18.4. The van der Waals surface area contributed by atoms with E-state index < -0.39 is 21.4 Å². The van der Waals surface area contributed by atoms with Crippen LogP contribution in [0.15, 0.2) is 64.4 Å². The highest BCUT2D eigenvalue weighted by Gasteiger charge is 2.17. The Morgan fingerprint density at radius 3 is 2.35 bits per heavy atom. The van der Waals surface area contributed by atoms with Gasteiger partial charge in [0.1, 0.15) is 10.8 Å². The van der Waals surface area contributed by atoms with Crippen molar-refractivity contribution in [3.63, 3.8) is 0 Å². The molecular formula is C16H10Cl2FN3O3S. The first-order chi connectivity index (χ1) is 12.3. The van der Waals surface area contributed by atoms with E-state index in [4.69, 9.17) is 23.2 Å². The van der Waals surface area contributed by atoms with Crippen molar-refractivity contribution in [3.05, 3.63) is 80.9 Å². The van der Waals surface area contributed by atoms with E-state index in [1.54, 1.807) is 0 Å². The Morgan fingerprint density at radius 2 is 1.69 bits per heavy atom. The monoisotopic (exact) mass is 413 g/mol. The maximum Gasteiger partial charge on any atom is 0.291 e. The number of para-hydroxylation sites is 1. The van der Waals surface area contributed by atoms with Crippen LogP contribution >= 0.6 is 23.2 Å². The summed E-state index contributed by atoms with van der Waals surface area (Å²) >= 11 is 11.5. The molecule has 0 unspecified atom stereocenters. The van der Waals surface area contributed by atoms with Gasteiger partial charge in [0.05, 0.1) is 27.5 Å². The number of anilines is 1. The molecule has 26 heavy (non-hydrogen) atoms. The van der Waals surface area contributed by atoms with Crippen molar-refractivity contribution >= 4 is 38.9 Å². The summed E-state index contributed by atoms with van der Waals surface area (Å²) in [6.45, 7) is 0. The Bertz CT molecular complexity index is 1130. The summed E-state index contributed by atoms with van der Waals surface area (Å²) in [5.74, 6) is -0.695. The van der Waals surface area contributed by atoms with Gasteiger partial charge in [0, 0.05) is 0 Å². The number of nitrogens with zero attached hydrogens (tertiary/aromatic N) is 2. The van der Waals surface area contributed by atoms with Gasteiger partial charge in [0.25, 0.3) is 15.6 Å². The third kappa shape index (κ3) is 3.57. The Kier molecular flexibility index (Phi) is 4.99. The molecule has 3 rings (SSSR count). The van der Waals surface area contributed by atoms with Crippen LogP contribution in [0.4, 0.5) is 10.1 Å². The lowest BCUT2D eigenvalue weighted by molar-refractivity contribution is 0.598. The minimum Gasteiger partial charge on any atom is -0.277 e. The number of benzene rings is 2. The van der Waals surface area contributed by atoms with Gasteiger partial charge in [0.15, 0.2) is 0 Å². The molecule has 0 amide bonds. The van der Waals surface area contributed by atoms with E-state index in [-0.39, 0.29) is 20.6 Å². The first-order valence-corrected chi connectivity index (χ1v) is 9.34. The average Bonchev–Trinajstić information content (AvgIpc) is 2.62. The Hall–Kier alpha value is -2.42. The second-order valence-electron chi connectivity index (χ2n) is 5.10. The molecule has 0 saturated carbocycles. The average molecular weight is 414 g/mol. The number of sulfonamides is 1. The van der Waals surface area contributed by atoms with E-state index >= 15 is 0 Å². The van der Waals surface area contributed by atoms with Crippen molar-refractivity contribution in [2.75, 3.05) is 4.72 Å². The first-order valence-electron chi connectivity index (χ1n) is 7.11. The van der Waals surface area contributed by atoms with E-state index in [2.05, 4.69) is 9.82 Å². The molecule has 1 heterocycles. The summed E-state index contributed by atoms with van der Waals surface area (Å²) in [6, 6.07) is 10.7. The molecule has 0 bridgehead atoms. The van der Waals surface area contributed by atoms with Crippen molar-refractivity contribution in [1.82, 2.24) is 9.78 Å². The Morgan fingerprint density at radius 1 is 1.04 bits per heavy atom. The quantitative estimate of drug-likeness (QED) is 0.709. The van der Waals surface area contributed by atoms with Gasteiger partial charge < -0.3 is 0 Å². The molecule has 6 nitrogen and oxygen atoms in total. The standard InChI is InChI=1S/C16H10Cl2FN3O3S/c17-12-9-20-22(16(23)15(12)18)10-5-7-11(8-6-10)26(24,25)21-14-4-2-1-3-13(14)19/h1-9,21H. The fourth-order valence-electron chi connectivity index (χ4n) is 2.11. The van der Waals surface area contributed by atoms with E-state index in [1.165, 1.54) is 48.7 Å². The molecule has 0 aliphatic carbocycles. The lowest BCUT2D eigenvalue weighted by Crippen LogP contribution is -2.21. The largest absolute Gasteiger partial charge is 0.291 e. The number of nitrogens with one attached hydrogen (secondary N) is 1. The highest BCUT2D eigenvalue weighted by Crippen LogP contribution is 2.20. The molecule has 0 aliphatic rings. The van der Waals surface area contributed by atoms with Crippen molar-refractivity contribution in [3.8, 4) is 5.69 Å². The summed E-state index contributed by atoms with van der Waals surface area (Å²) in [6.07, 6.45) is 1.20. The third-order valence-electron chi connectivity index (χ3n) is 3.39. The van der Waals surface area contributed by atoms with Gasteiger partial charge in [-0.1, -0.05) is 35.3 Å². The predicted octanol–water partition coefficient (Wildman–Crippen LogP) is 3.48. The van der Waals surface area contributed by atoms with Crippen molar-refractivity contribution in [2.24, 2.45) is 0 Å². The van der Waals surface area contributed by atoms with Crippen LogP contribution in [0.5, 0.6) is 0 Å². The number of halogens is 3. The van der Waals surface area contributed by atoms with Crippen LogP contribution in [0.2, 0.25) is 10.0 Å². The highest BCUT2D eigenvalue weighted by molar-refractivity contribution is 7.92. The molecule has 134 valence electrons. The van der Waals surface area contributed by atoms with Gasteiger partial charge in [-0.05, 0) is 36.4 Å². The number of hydrogen-bond acceptors (Lipinski definition) is 4. The van der Waals surface area contributed by atoms with Gasteiger partial charge in [-0.2, -0.15) is 9.78 Å². The van der Waals surface area contributed by atoms with E-state index in [9.17, 15) is 17.6 Å². The van der Waals surface area contributed by atoms with Gasteiger partial charge in [-0.25, -0.2) is 12.8 Å². The van der Waals surface area contributed by atoms with Crippen molar-refractivity contribution < 1.29 is 12.8 Å². The minimum atomic E-state index is -4.00. The second kappa shape index (κ2) is 7.06. The molecule has 1 aromatic heterocycles. The molecule has 0 atom stereocenters. The number of hydrogen-bond donors (Lipinski definition) is 1. The maximum absolute atomic E-state index is 13.6. The molecule has 2 aromatic carbocycles.